The average Bonchev–Trinajstić information content (AvgIpc) is 2.70. The van der Waals surface area contributed by atoms with Crippen LogP contribution in [0.25, 0.3) is 0 Å². The van der Waals surface area contributed by atoms with E-state index >= 15 is 0 Å². The van der Waals surface area contributed by atoms with E-state index in [0.29, 0.717) is 16.7 Å². The Morgan fingerprint density at radius 3 is 2.30 bits per heavy atom. The van der Waals surface area contributed by atoms with Gasteiger partial charge in [-0.3, -0.25) is 0 Å². The van der Waals surface area contributed by atoms with Crippen LogP contribution < -0.4 is 5.32 Å². The van der Waals surface area contributed by atoms with Crippen molar-refractivity contribution in [3.8, 4) is 0 Å². The van der Waals surface area contributed by atoms with Gasteiger partial charge in [-0.1, -0.05) is 11.8 Å². The number of alkyl halides is 2. The van der Waals surface area contributed by atoms with Gasteiger partial charge in [0.1, 0.15) is 0 Å². The van der Waals surface area contributed by atoms with Crippen molar-refractivity contribution >= 4 is 28.8 Å². The molecule has 1 unspecified atom stereocenters. The second kappa shape index (κ2) is 6.59. The maximum absolute atomic E-state index is 12.2. The van der Waals surface area contributed by atoms with Crippen LogP contribution in [0.15, 0.2) is 35.2 Å². The molecule has 1 nitrogen and oxygen atoms in total. The fourth-order valence-corrected chi connectivity index (χ4v) is 3.66. The quantitative estimate of drug-likeness (QED) is 0.695. The Hall–Kier alpha value is -1.07. The monoisotopic (exact) mass is 313 g/mol. The van der Waals surface area contributed by atoms with Crippen LogP contribution in [0.4, 0.5) is 14.5 Å². The first-order valence-electron chi connectivity index (χ1n) is 6.34. The third-order valence-electron chi connectivity index (χ3n) is 3.01. The molecule has 1 atom stereocenters. The normalized spacial score (nSPS) is 12.7. The van der Waals surface area contributed by atoms with Gasteiger partial charge in [0.2, 0.25) is 0 Å². The van der Waals surface area contributed by atoms with Crippen LogP contribution in [-0.2, 0) is 0 Å². The van der Waals surface area contributed by atoms with Crippen LogP contribution in [0, 0.1) is 13.8 Å². The van der Waals surface area contributed by atoms with Crippen LogP contribution in [0.2, 0.25) is 0 Å². The van der Waals surface area contributed by atoms with Gasteiger partial charge in [0.05, 0.1) is 0 Å². The molecule has 1 heterocycles. The fourth-order valence-electron chi connectivity index (χ4n) is 2.14. The Labute approximate surface area is 126 Å². The third-order valence-corrected chi connectivity index (χ3v) is 4.71. The number of rotatable bonds is 5. The molecule has 1 N–H and O–H groups in total. The summed E-state index contributed by atoms with van der Waals surface area (Å²) in [6.07, 6.45) is 0. The van der Waals surface area contributed by atoms with Gasteiger partial charge in [-0.2, -0.15) is 8.78 Å². The van der Waals surface area contributed by atoms with E-state index in [9.17, 15) is 8.78 Å². The summed E-state index contributed by atoms with van der Waals surface area (Å²) in [5.74, 6) is -2.37. The first-order chi connectivity index (χ1) is 9.45. The number of hydrogen-bond acceptors (Lipinski definition) is 3. The minimum atomic E-state index is -2.37. The number of nitrogens with one attached hydrogen (secondary N) is 1. The molecule has 0 fully saturated rings. The number of thiophene rings is 1. The van der Waals surface area contributed by atoms with E-state index < -0.39 is 5.76 Å². The van der Waals surface area contributed by atoms with Crippen LogP contribution in [-0.4, -0.2) is 5.76 Å². The average molecular weight is 313 g/mol. The van der Waals surface area contributed by atoms with Crippen molar-refractivity contribution in [3.63, 3.8) is 0 Å². The molecule has 20 heavy (non-hydrogen) atoms. The minimum absolute atomic E-state index is 0.202. The smallest absolute Gasteiger partial charge is 0.288 e. The molecule has 108 valence electrons. The first-order valence-corrected chi connectivity index (χ1v) is 8.03. The molecule has 0 aliphatic carbocycles. The van der Waals surface area contributed by atoms with E-state index in [0.717, 1.165) is 5.69 Å². The highest BCUT2D eigenvalue weighted by molar-refractivity contribution is 7.99. The van der Waals surface area contributed by atoms with E-state index in [4.69, 9.17) is 0 Å². The van der Waals surface area contributed by atoms with Gasteiger partial charge in [0.15, 0.2) is 0 Å². The number of thioether (sulfide) groups is 1. The molecule has 0 bridgehead atoms. The summed E-state index contributed by atoms with van der Waals surface area (Å²) in [6, 6.07) is 9.52. The highest BCUT2D eigenvalue weighted by Gasteiger charge is 2.11. The van der Waals surface area contributed by atoms with E-state index in [1.54, 1.807) is 23.5 Å². The molecular formula is C15H17F2NS2. The van der Waals surface area contributed by atoms with Crippen LogP contribution >= 0.6 is 23.1 Å². The lowest BCUT2D eigenvalue weighted by molar-refractivity contribution is 0.252. The highest BCUT2D eigenvalue weighted by atomic mass is 32.2. The molecule has 0 aliphatic rings. The van der Waals surface area contributed by atoms with Crippen LogP contribution in [0.5, 0.6) is 0 Å². The molecule has 2 aromatic rings. The summed E-state index contributed by atoms with van der Waals surface area (Å²) in [7, 11) is 0. The molecule has 5 heteroatoms. The SMILES string of the molecule is Cc1cc(C(C)Nc2ccc(SC(F)F)cc2)c(C)s1. The molecule has 0 spiro atoms. The van der Waals surface area contributed by atoms with Crippen molar-refractivity contribution in [2.24, 2.45) is 0 Å². The van der Waals surface area contributed by atoms with Crippen molar-refractivity contribution in [2.75, 3.05) is 5.32 Å². The van der Waals surface area contributed by atoms with Crippen molar-refractivity contribution in [2.45, 2.75) is 37.5 Å². The lowest BCUT2D eigenvalue weighted by atomic mass is 10.1. The summed E-state index contributed by atoms with van der Waals surface area (Å²) < 4.78 is 24.5. The summed E-state index contributed by atoms with van der Waals surface area (Å²) >= 11 is 2.36. The predicted octanol–water partition coefficient (Wildman–Crippen LogP) is 5.85. The molecule has 0 saturated heterocycles. The number of hydrogen-bond donors (Lipinski definition) is 1. The number of anilines is 1. The number of benzene rings is 1. The van der Waals surface area contributed by atoms with Gasteiger partial charge in [0, 0.05) is 26.4 Å². The molecular weight excluding hydrogens is 296 g/mol. The maximum atomic E-state index is 12.2. The molecule has 0 saturated carbocycles. The lowest BCUT2D eigenvalue weighted by Crippen LogP contribution is -2.06. The summed E-state index contributed by atoms with van der Waals surface area (Å²) in [5.41, 5.74) is 2.23. The summed E-state index contributed by atoms with van der Waals surface area (Å²) in [5, 5.41) is 3.40. The van der Waals surface area contributed by atoms with Crippen molar-refractivity contribution < 1.29 is 8.78 Å². The van der Waals surface area contributed by atoms with Gasteiger partial charge in [-0.15, -0.1) is 11.3 Å². The molecule has 0 radical (unpaired) electrons. The zero-order valence-corrected chi connectivity index (χ0v) is 13.2. The van der Waals surface area contributed by atoms with Gasteiger partial charge < -0.3 is 5.32 Å². The topological polar surface area (TPSA) is 12.0 Å². The Morgan fingerprint density at radius 2 is 1.80 bits per heavy atom. The van der Waals surface area contributed by atoms with Gasteiger partial charge in [-0.25, -0.2) is 0 Å². The van der Waals surface area contributed by atoms with Crippen molar-refractivity contribution in [3.05, 3.63) is 45.6 Å². The second-order valence-corrected chi connectivity index (χ2v) is 7.16. The zero-order chi connectivity index (χ0) is 14.7. The Morgan fingerprint density at radius 1 is 1.15 bits per heavy atom. The Kier molecular flexibility index (Phi) is 5.05. The largest absolute Gasteiger partial charge is 0.378 e. The van der Waals surface area contributed by atoms with Crippen molar-refractivity contribution in [1.82, 2.24) is 0 Å². The van der Waals surface area contributed by atoms with Gasteiger partial charge in [0.25, 0.3) is 5.76 Å². The Bertz CT molecular complexity index is 564. The van der Waals surface area contributed by atoms with E-state index in [1.165, 1.54) is 15.3 Å². The summed E-state index contributed by atoms with van der Waals surface area (Å²) in [6.45, 7) is 6.33. The lowest BCUT2D eigenvalue weighted by Gasteiger charge is -2.15. The summed E-state index contributed by atoms with van der Waals surface area (Å²) in [4.78, 5) is 3.20. The highest BCUT2D eigenvalue weighted by Crippen LogP contribution is 2.30. The Balaban J connectivity index is 2.04. The van der Waals surface area contributed by atoms with E-state index in [-0.39, 0.29) is 6.04 Å². The second-order valence-electron chi connectivity index (χ2n) is 4.64. The maximum Gasteiger partial charge on any atom is 0.288 e. The van der Waals surface area contributed by atoms with Crippen LogP contribution in [0.1, 0.15) is 28.3 Å². The molecule has 0 aliphatic heterocycles. The van der Waals surface area contributed by atoms with Gasteiger partial charge in [-0.05, 0) is 56.7 Å². The van der Waals surface area contributed by atoms with Gasteiger partial charge >= 0.3 is 0 Å². The first kappa shape index (κ1) is 15.3. The van der Waals surface area contributed by atoms with Crippen LogP contribution in [0.3, 0.4) is 0 Å². The molecule has 2 rings (SSSR count). The van der Waals surface area contributed by atoms with E-state index in [2.05, 4.69) is 32.2 Å². The third kappa shape index (κ3) is 3.96. The van der Waals surface area contributed by atoms with E-state index in [1.807, 2.05) is 12.1 Å². The molecule has 1 aromatic carbocycles. The standard InChI is InChI=1S/C15H17F2NS2/c1-9-8-14(11(3)19-9)10(2)18-12-4-6-13(7-5-12)20-15(16)17/h4-8,10,15,18H,1-3H3. The fraction of sp³-hybridized carbons (Fsp3) is 0.333. The number of aryl methyl sites for hydroxylation is 2. The van der Waals surface area contributed by atoms with Crippen molar-refractivity contribution in [1.29, 1.82) is 0 Å². The molecule has 0 amide bonds. The zero-order valence-electron chi connectivity index (χ0n) is 11.6. The molecule has 1 aromatic heterocycles. The number of halogens is 2. The minimum Gasteiger partial charge on any atom is -0.378 e. The predicted molar refractivity (Wildman–Crippen MR) is 84.1 cm³/mol.